The van der Waals surface area contributed by atoms with Crippen LogP contribution in [0.3, 0.4) is 0 Å². The predicted octanol–water partition coefficient (Wildman–Crippen LogP) is 1.17. The van der Waals surface area contributed by atoms with Crippen molar-refractivity contribution < 1.29 is 9.84 Å². The molecule has 78 valence electrons. The molecule has 5 heteroatoms. The topological polar surface area (TPSA) is 53.5 Å². The molecular formula is C9H13ClN2O2. The van der Waals surface area contributed by atoms with E-state index < -0.39 is 5.56 Å². The highest BCUT2D eigenvalue weighted by molar-refractivity contribution is 6.19. The number of aliphatic hydroxyl groups is 1. The van der Waals surface area contributed by atoms with E-state index in [0.29, 0.717) is 0 Å². The molecule has 0 fully saturated rings. The number of benzene rings is 1. The largest absolute Gasteiger partial charge is 0.497 e. The van der Waals surface area contributed by atoms with E-state index in [2.05, 4.69) is 10.9 Å². The van der Waals surface area contributed by atoms with Crippen molar-refractivity contribution >= 4 is 17.3 Å². The van der Waals surface area contributed by atoms with Crippen molar-refractivity contribution in [3.63, 3.8) is 0 Å². The van der Waals surface area contributed by atoms with E-state index >= 15 is 0 Å². The summed E-state index contributed by atoms with van der Waals surface area (Å²) in [6.45, 7) is 0.271. The summed E-state index contributed by atoms with van der Waals surface area (Å²) in [6, 6.07) is 7.38. The minimum absolute atomic E-state index is 0.271. The fourth-order valence-corrected chi connectivity index (χ4v) is 0.989. The average molecular weight is 217 g/mol. The summed E-state index contributed by atoms with van der Waals surface area (Å²) in [5.74, 6) is 0.799. The fourth-order valence-electron chi connectivity index (χ4n) is 0.912. The van der Waals surface area contributed by atoms with Crippen molar-refractivity contribution in [3.8, 4) is 5.75 Å². The minimum Gasteiger partial charge on any atom is -0.497 e. The summed E-state index contributed by atoms with van der Waals surface area (Å²) in [7, 11) is 1.62. The molecule has 1 unspecified atom stereocenters. The van der Waals surface area contributed by atoms with Gasteiger partial charge < -0.3 is 15.3 Å². The zero-order chi connectivity index (χ0) is 10.4. The number of hydrogen-bond donors (Lipinski definition) is 3. The second-order valence-corrected chi connectivity index (χ2v) is 3.17. The van der Waals surface area contributed by atoms with E-state index in [9.17, 15) is 0 Å². The first-order valence-corrected chi connectivity index (χ1v) is 4.61. The number of rotatable bonds is 5. The smallest absolute Gasteiger partial charge is 0.142 e. The molecule has 0 radical (unpaired) electrons. The monoisotopic (exact) mass is 216 g/mol. The highest BCUT2D eigenvalue weighted by Crippen LogP contribution is 2.13. The molecule has 0 aliphatic heterocycles. The third-order valence-corrected chi connectivity index (χ3v) is 1.75. The molecule has 0 aliphatic rings. The number of halogens is 1. The highest BCUT2D eigenvalue weighted by atomic mass is 35.5. The maximum absolute atomic E-state index is 8.76. The molecule has 0 amide bonds. The predicted molar refractivity (Wildman–Crippen MR) is 56.5 cm³/mol. The maximum atomic E-state index is 8.76. The van der Waals surface area contributed by atoms with Gasteiger partial charge in [-0.25, -0.2) is 5.43 Å². The van der Waals surface area contributed by atoms with Gasteiger partial charge in [-0.2, -0.15) is 0 Å². The molecule has 0 aromatic heterocycles. The first kappa shape index (κ1) is 11.1. The van der Waals surface area contributed by atoms with Crippen LogP contribution >= 0.6 is 11.6 Å². The first-order chi connectivity index (χ1) is 6.72. The molecule has 1 aromatic rings. The van der Waals surface area contributed by atoms with Gasteiger partial charge in [0.2, 0.25) is 0 Å². The van der Waals surface area contributed by atoms with Crippen LogP contribution in [0.5, 0.6) is 5.75 Å². The van der Waals surface area contributed by atoms with Crippen molar-refractivity contribution in [1.29, 1.82) is 0 Å². The lowest BCUT2D eigenvalue weighted by molar-refractivity contribution is 0.254. The highest BCUT2D eigenvalue weighted by Gasteiger charge is 1.96. The van der Waals surface area contributed by atoms with Gasteiger partial charge >= 0.3 is 0 Å². The second kappa shape index (κ2) is 5.70. The van der Waals surface area contributed by atoms with Gasteiger partial charge in [-0.3, -0.25) is 0 Å². The zero-order valence-corrected chi connectivity index (χ0v) is 8.58. The Balaban J connectivity index is 2.36. The second-order valence-electron chi connectivity index (χ2n) is 2.67. The SMILES string of the molecule is COc1ccc(NNCC(O)Cl)cc1. The molecule has 0 spiro atoms. The van der Waals surface area contributed by atoms with Crippen LogP contribution < -0.4 is 15.6 Å². The van der Waals surface area contributed by atoms with Crippen molar-refractivity contribution in [2.75, 3.05) is 19.1 Å². The molecule has 0 bridgehead atoms. The normalized spacial score (nSPS) is 12.2. The van der Waals surface area contributed by atoms with Crippen LogP contribution in [0.2, 0.25) is 0 Å². The number of alkyl halides is 1. The summed E-state index contributed by atoms with van der Waals surface area (Å²) in [6.07, 6.45) is 0. The third kappa shape index (κ3) is 3.83. The summed E-state index contributed by atoms with van der Waals surface area (Å²) < 4.78 is 5.00. The van der Waals surface area contributed by atoms with E-state index in [0.717, 1.165) is 11.4 Å². The number of aliphatic hydroxyl groups excluding tert-OH is 1. The minimum atomic E-state index is -0.888. The van der Waals surface area contributed by atoms with Crippen LogP contribution in [0.4, 0.5) is 5.69 Å². The Kier molecular flexibility index (Phi) is 4.52. The van der Waals surface area contributed by atoms with Gasteiger partial charge in [-0.15, -0.1) is 0 Å². The van der Waals surface area contributed by atoms with E-state index in [1.165, 1.54) is 0 Å². The Hall–Kier alpha value is -0.970. The summed E-state index contributed by atoms with van der Waals surface area (Å²) in [5.41, 5.74) is 5.63. The molecule has 0 aliphatic carbocycles. The summed E-state index contributed by atoms with van der Waals surface area (Å²) >= 11 is 5.32. The standard InChI is InChI=1S/C9H13ClN2O2/c1-14-8-4-2-7(3-5-8)12-11-6-9(10)13/h2-5,9,11-13H,6H2,1H3. The number of nitrogens with one attached hydrogen (secondary N) is 2. The molecule has 1 rings (SSSR count). The van der Waals surface area contributed by atoms with Gasteiger partial charge in [0.1, 0.15) is 11.3 Å². The van der Waals surface area contributed by atoms with E-state index in [-0.39, 0.29) is 6.54 Å². The molecule has 1 atom stereocenters. The fraction of sp³-hybridized carbons (Fsp3) is 0.333. The van der Waals surface area contributed by atoms with Crippen molar-refractivity contribution in [2.24, 2.45) is 0 Å². The van der Waals surface area contributed by atoms with Crippen molar-refractivity contribution in [1.82, 2.24) is 5.43 Å². The Labute approximate surface area is 87.8 Å². The molecule has 4 nitrogen and oxygen atoms in total. The number of hydrazine groups is 1. The lowest BCUT2D eigenvalue weighted by Crippen LogP contribution is -2.28. The van der Waals surface area contributed by atoms with Crippen LogP contribution in [0.1, 0.15) is 0 Å². The van der Waals surface area contributed by atoms with Gasteiger partial charge in [-0.1, -0.05) is 11.6 Å². The molecule has 0 saturated heterocycles. The Morgan fingerprint density at radius 2 is 2.07 bits per heavy atom. The molecule has 0 saturated carbocycles. The van der Waals surface area contributed by atoms with Gasteiger partial charge in [0.25, 0.3) is 0 Å². The molecule has 0 heterocycles. The molecular weight excluding hydrogens is 204 g/mol. The number of hydrogen-bond acceptors (Lipinski definition) is 4. The van der Waals surface area contributed by atoms with Crippen LogP contribution in [0, 0.1) is 0 Å². The lowest BCUT2D eigenvalue weighted by Gasteiger charge is -2.09. The Morgan fingerprint density at radius 1 is 1.43 bits per heavy atom. The van der Waals surface area contributed by atoms with Gasteiger partial charge in [-0.05, 0) is 24.3 Å². The molecule has 3 N–H and O–H groups in total. The van der Waals surface area contributed by atoms with Gasteiger partial charge in [0.15, 0.2) is 0 Å². The van der Waals surface area contributed by atoms with Crippen LogP contribution in [-0.2, 0) is 0 Å². The first-order valence-electron chi connectivity index (χ1n) is 4.17. The van der Waals surface area contributed by atoms with Gasteiger partial charge in [0, 0.05) is 5.69 Å². The Morgan fingerprint density at radius 3 is 2.57 bits per heavy atom. The van der Waals surface area contributed by atoms with Crippen LogP contribution in [-0.4, -0.2) is 24.3 Å². The lowest BCUT2D eigenvalue weighted by atomic mass is 10.3. The summed E-state index contributed by atoms with van der Waals surface area (Å²) in [4.78, 5) is 0. The Bertz CT molecular complexity index is 264. The van der Waals surface area contributed by atoms with Gasteiger partial charge in [0.05, 0.1) is 13.7 Å². The average Bonchev–Trinajstić information content (AvgIpc) is 2.18. The molecule has 1 aromatic carbocycles. The maximum Gasteiger partial charge on any atom is 0.142 e. The van der Waals surface area contributed by atoms with Crippen LogP contribution in [0.15, 0.2) is 24.3 Å². The summed E-state index contributed by atoms with van der Waals surface area (Å²) in [5, 5.41) is 8.76. The third-order valence-electron chi connectivity index (χ3n) is 1.59. The van der Waals surface area contributed by atoms with E-state index in [4.69, 9.17) is 21.4 Å². The quantitative estimate of drug-likeness (QED) is 0.511. The van der Waals surface area contributed by atoms with Crippen molar-refractivity contribution in [3.05, 3.63) is 24.3 Å². The van der Waals surface area contributed by atoms with E-state index in [1.54, 1.807) is 7.11 Å². The number of methoxy groups -OCH3 is 1. The van der Waals surface area contributed by atoms with Crippen molar-refractivity contribution in [2.45, 2.75) is 5.56 Å². The van der Waals surface area contributed by atoms with Crippen LogP contribution in [0.25, 0.3) is 0 Å². The molecule has 14 heavy (non-hydrogen) atoms. The zero-order valence-electron chi connectivity index (χ0n) is 7.83. The number of anilines is 1. The van der Waals surface area contributed by atoms with E-state index in [1.807, 2.05) is 24.3 Å². The number of ether oxygens (including phenoxy) is 1.